The van der Waals surface area contributed by atoms with Crippen LogP contribution in [0.1, 0.15) is 43.0 Å². The number of amides is 5. The van der Waals surface area contributed by atoms with Crippen molar-refractivity contribution in [3.05, 3.63) is 34.9 Å². The van der Waals surface area contributed by atoms with Gasteiger partial charge in [-0.2, -0.15) is 0 Å². The van der Waals surface area contributed by atoms with E-state index in [4.69, 9.17) is 0 Å². The predicted octanol–water partition coefficient (Wildman–Crippen LogP) is 1.68. The number of aryl methyl sites for hydroxylation is 2. The molecule has 134 valence electrons. The smallest absolute Gasteiger partial charge is 0.334 e. The van der Waals surface area contributed by atoms with Crippen LogP contribution in [0.5, 0.6) is 0 Å². The standard InChI is InChI=1S/C18H23N3O4/c1-5-8-20-16(23)17(24)21(18(20)25)10-15(22)19-13(4)14-7-6-11(2)12(3)9-14/h6-7,9,13H,5,8,10H2,1-4H3,(H,19,22)/t13-/m0/s1. The summed E-state index contributed by atoms with van der Waals surface area (Å²) in [4.78, 5) is 49.6. The van der Waals surface area contributed by atoms with Crippen molar-refractivity contribution in [2.45, 2.75) is 40.2 Å². The van der Waals surface area contributed by atoms with Gasteiger partial charge in [0.15, 0.2) is 0 Å². The summed E-state index contributed by atoms with van der Waals surface area (Å²) in [5.74, 6) is -2.31. The first-order valence-electron chi connectivity index (χ1n) is 8.30. The van der Waals surface area contributed by atoms with Gasteiger partial charge in [-0.25, -0.2) is 9.69 Å². The highest BCUT2D eigenvalue weighted by Gasteiger charge is 2.44. The van der Waals surface area contributed by atoms with Crippen LogP contribution in [0.4, 0.5) is 4.79 Å². The molecule has 5 amide bonds. The van der Waals surface area contributed by atoms with E-state index in [0.29, 0.717) is 11.3 Å². The summed E-state index contributed by atoms with van der Waals surface area (Å²) in [6.07, 6.45) is 0.550. The number of hydrogen-bond donors (Lipinski definition) is 1. The van der Waals surface area contributed by atoms with Gasteiger partial charge < -0.3 is 5.32 Å². The number of carbonyl (C=O) groups excluding carboxylic acids is 4. The summed E-state index contributed by atoms with van der Waals surface area (Å²) in [5.41, 5.74) is 3.20. The van der Waals surface area contributed by atoms with E-state index in [1.54, 1.807) is 6.92 Å². The third-order valence-corrected chi connectivity index (χ3v) is 4.29. The van der Waals surface area contributed by atoms with Crippen molar-refractivity contribution in [1.29, 1.82) is 0 Å². The average Bonchev–Trinajstić information content (AvgIpc) is 2.75. The highest BCUT2D eigenvalue weighted by Crippen LogP contribution is 2.17. The second-order valence-corrected chi connectivity index (χ2v) is 6.26. The van der Waals surface area contributed by atoms with Gasteiger partial charge in [0.05, 0.1) is 6.04 Å². The lowest BCUT2D eigenvalue weighted by molar-refractivity contribution is -0.144. The van der Waals surface area contributed by atoms with Crippen LogP contribution >= 0.6 is 0 Å². The first-order valence-corrected chi connectivity index (χ1v) is 8.30. The summed E-state index contributed by atoms with van der Waals surface area (Å²) in [6.45, 7) is 7.32. The Morgan fingerprint density at radius 3 is 2.32 bits per heavy atom. The Hall–Kier alpha value is -2.70. The van der Waals surface area contributed by atoms with Gasteiger partial charge in [-0.1, -0.05) is 25.1 Å². The summed E-state index contributed by atoms with van der Waals surface area (Å²) < 4.78 is 0. The first-order chi connectivity index (χ1) is 11.8. The number of hydrogen-bond acceptors (Lipinski definition) is 4. The lowest BCUT2D eigenvalue weighted by atomic mass is 10.0. The molecule has 1 atom stereocenters. The zero-order valence-electron chi connectivity index (χ0n) is 15.0. The summed E-state index contributed by atoms with van der Waals surface area (Å²) in [5, 5.41) is 2.76. The van der Waals surface area contributed by atoms with Gasteiger partial charge in [-0.3, -0.25) is 19.3 Å². The van der Waals surface area contributed by atoms with Crippen LogP contribution in [0, 0.1) is 13.8 Å². The molecular weight excluding hydrogens is 322 g/mol. The molecule has 1 aromatic carbocycles. The molecule has 0 unspecified atom stereocenters. The third kappa shape index (κ3) is 3.87. The molecule has 1 saturated heterocycles. The van der Waals surface area contributed by atoms with Crippen LogP contribution in [0.2, 0.25) is 0 Å². The van der Waals surface area contributed by atoms with Crippen molar-refractivity contribution in [1.82, 2.24) is 15.1 Å². The Balaban J connectivity index is 2.02. The Labute approximate surface area is 147 Å². The molecule has 0 aromatic heterocycles. The fourth-order valence-electron chi connectivity index (χ4n) is 2.66. The van der Waals surface area contributed by atoms with Crippen molar-refractivity contribution in [2.24, 2.45) is 0 Å². The largest absolute Gasteiger partial charge is 0.348 e. The zero-order chi connectivity index (χ0) is 18.7. The summed E-state index contributed by atoms with van der Waals surface area (Å²) >= 11 is 0. The molecule has 1 heterocycles. The van der Waals surface area contributed by atoms with Crippen LogP contribution in [0.25, 0.3) is 0 Å². The fourth-order valence-corrected chi connectivity index (χ4v) is 2.66. The van der Waals surface area contributed by atoms with Gasteiger partial charge >= 0.3 is 17.8 Å². The van der Waals surface area contributed by atoms with Gasteiger partial charge in [0, 0.05) is 6.54 Å². The molecule has 0 aliphatic carbocycles. The minimum Gasteiger partial charge on any atom is -0.348 e. The second-order valence-electron chi connectivity index (χ2n) is 6.26. The van der Waals surface area contributed by atoms with Gasteiger partial charge in [0.2, 0.25) is 5.91 Å². The van der Waals surface area contributed by atoms with E-state index in [1.807, 2.05) is 39.0 Å². The summed E-state index contributed by atoms with van der Waals surface area (Å²) in [7, 11) is 0. The topological polar surface area (TPSA) is 86.8 Å². The number of nitrogens with one attached hydrogen (secondary N) is 1. The number of carbonyl (C=O) groups is 4. The van der Waals surface area contributed by atoms with Gasteiger partial charge in [-0.05, 0) is 43.9 Å². The number of benzene rings is 1. The normalized spacial score (nSPS) is 15.8. The third-order valence-electron chi connectivity index (χ3n) is 4.29. The van der Waals surface area contributed by atoms with Crippen molar-refractivity contribution < 1.29 is 19.2 Å². The van der Waals surface area contributed by atoms with E-state index in [0.717, 1.165) is 21.6 Å². The molecule has 0 saturated carbocycles. The maximum Gasteiger partial charge on any atom is 0.334 e. The zero-order valence-corrected chi connectivity index (χ0v) is 15.0. The molecular formula is C18H23N3O4. The minimum atomic E-state index is -0.951. The first kappa shape index (κ1) is 18.6. The van der Waals surface area contributed by atoms with Crippen LogP contribution in [-0.4, -0.2) is 46.6 Å². The van der Waals surface area contributed by atoms with E-state index in [9.17, 15) is 19.2 Å². The minimum absolute atomic E-state index is 0.167. The summed E-state index contributed by atoms with van der Waals surface area (Å²) in [6, 6.07) is 4.88. The average molecular weight is 345 g/mol. The van der Waals surface area contributed by atoms with E-state index in [2.05, 4.69) is 5.32 Å². The van der Waals surface area contributed by atoms with Crippen molar-refractivity contribution in [2.75, 3.05) is 13.1 Å². The van der Waals surface area contributed by atoms with E-state index in [1.165, 1.54) is 0 Å². The molecule has 2 rings (SSSR count). The monoisotopic (exact) mass is 345 g/mol. The van der Waals surface area contributed by atoms with Gasteiger partial charge in [0.25, 0.3) is 0 Å². The highest BCUT2D eigenvalue weighted by molar-refractivity contribution is 6.45. The molecule has 1 aromatic rings. The maximum atomic E-state index is 12.2. The number of imide groups is 2. The van der Waals surface area contributed by atoms with Gasteiger partial charge in [0.1, 0.15) is 6.54 Å². The van der Waals surface area contributed by atoms with E-state index in [-0.39, 0.29) is 12.6 Å². The molecule has 1 aliphatic rings. The van der Waals surface area contributed by atoms with Crippen molar-refractivity contribution >= 4 is 23.8 Å². The predicted molar refractivity (Wildman–Crippen MR) is 91.6 cm³/mol. The molecule has 1 fully saturated rings. The van der Waals surface area contributed by atoms with E-state index >= 15 is 0 Å². The van der Waals surface area contributed by atoms with E-state index < -0.39 is 30.3 Å². The quantitative estimate of drug-likeness (QED) is 0.628. The van der Waals surface area contributed by atoms with Crippen LogP contribution in [0.3, 0.4) is 0 Å². The van der Waals surface area contributed by atoms with Crippen molar-refractivity contribution in [3.8, 4) is 0 Å². The highest BCUT2D eigenvalue weighted by atomic mass is 16.2. The lowest BCUT2D eigenvalue weighted by Gasteiger charge is -2.18. The van der Waals surface area contributed by atoms with Crippen molar-refractivity contribution in [3.63, 3.8) is 0 Å². The molecule has 0 radical (unpaired) electrons. The Kier molecular flexibility index (Phi) is 5.56. The molecule has 7 nitrogen and oxygen atoms in total. The molecule has 7 heteroatoms. The second kappa shape index (κ2) is 7.46. The molecule has 25 heavy (non-hydrogen) atoms. The fraction of sp³-hybridized carbons (Fsp3) is 0.444. The maximum absolute atomic E-state index is 12.2. The molecule has 1 aliphatic heterocycles. The molecule has 1 N–H and O–H groups in total. The Morgan fingerprint density at radius 1 is 1.08 bits per heavy atom. The van der Waals surface area contributed by atoms with Crippen LogP contribution < -0.4 is 5.32 Å². The van der Waals surface area contributed by atoms with Gasteiger partial charge in [-0.15, -0.1) is 0 Å². The van der Waals surface area contributed by atoms with Crippen LogP contribution in [0.15, 0.2) is 18.2 Å². The number of rotatable bonds is 6. The number of urea groups is 1. The van der Waals surface area contributed by atoms with Crippen LogP contribution in [-0.2, 0) is 14.4 Å². The Bertz CT molecular complexity index is 729. The molecule has 0 spiro atoms. The SMILES string of the molecule is CCCN1C(=O)C(=O)N(CC(=O)N[C@@H](C)c2ccc(C)c(C)c2)C1=O. The lowest BCUT2D eigenvalue weighted by Crippen LogP contribution is -2.42. The Morgan fingerprint density at radius 2 is 1.72 bits per heavy atom. The molecule has 0 bridgehead atoms. The number of nitrogens with zero attached hydrogens (tertiary/aromatic N) is 2.